The van der Waals surface area contributed by atoms with Gasteiger partial charge in [-0.05, 0) is 43.4 Å². The average Bonchev–Trinajstić information content (AvgIpc) is 0.939. The first-order valence-electron chi connectivity index (χ1n) is 42.4. The number of ether oxygens (including phenoxy) is 4. The van der Waals surface area contributed by atoms with E-state index in [0.29, 0.717) is 25.7 Å². The van der Waals surface area contributed by atoms with Crippen LogP contribution < -0.4 is 0 Å². The molecular formula is C82H160O17P2. The lowest BCUT2D eigenvalue weighted by molar-refractivity contribution is -0.161. The minimum absolute atomic E-state index is 0.106. The summed E-state index contributed by atoms with van der Waals surface area (Å²) in [5.41, 5.74) is 0. The van der Waals surface area contributed by atoms with Crippen LogP contribution in [0.25, 0.3) is 0 Å². The summed E-state index contributed by atoms with van der Waals surface area (Å²) >= 11 is 0. The van der Waals surface area contributed by atoms with Crippen LogP contribution in [0.15, 0.2) is 0 Å². The number of phosphoric acid groups is 2. The lowest BCUT2D eigenvalue weighted by atomic mass is 9.99. The minimum atomic E-state index is -4.96. The quantitative estimate of drug-likeness (QED) is 0.0222. The molecule has 0 rings (SSSR count). The maximum Gasteiger partial charge on any atom is 0.472 e. The Kier molecular flexibility index (Phi) is 70.9. The van der Waals surface area contributed by atoms with Crippen molar-refractivity contribution in [3.63, 3.8) is 0 Å². The van der Waals surface area contributed by atoms with E-state index in [1.807, 2.05) is 0 Å². The van der Waals surface area contributed by atoms with Crippen LogP contribution >= 0.6 is 15.6 Å². The fourth-order valence-corrected chi connectivity index (χ4v) is 14.2. The van der Waals surface area contributed by atoms with E-state index in [9.17, 15) is 43.2 Å². The van der Waals surface area contributed by atoms with Gasteiger partial charge in [0, 0.05) is 25.7 Å². The van der Waals surface area contributed by atoms with Crippen molar-refractivity contribution < 1.29 is 80.2 Å². The summed E-state index contributed by atoms with van der Waals surface area (Å²) in [6.45, 7) is 12.0. The lowest BCUT2D eigenvalue weighted by Gasteiger charge is -2.21. The van der Waals surface area contributed by atoms with Crippen LogP contribution in [0.5, 0.6) is 0 Å². The zero-order valence-corrected chi connectivity index (χ0v) is 68.2. The Bertz CT molecular complexity index is 1960. The van der Waals surface area contributed by atoms with Gasteiger partial charge in [0.05, 0.1) is 26.4 Å². The summed E-state index contributed by atoms with van der Waals surface area (Å²) in [6.07, 6.45) is 61.5. The summed E-state index contributed by atoms with van der Waals surface area (Å²) < 4.78 is 68.5. The molecule has 17 nitrogen and oxygen atoms in total. The van der Waals surface area contributed by atoms with Crippen molar-refractivity contribution in [2.24, 2.45) is 17.8 Å². The number of rotatable bonds is 80. The third kappa shape index (κ3) is 74.7. The predicted octanol–water partition coefficient (Wildman–Crippen LogP) is 24.5. The second kappa shape index (κ2) is 72.3. The molecular weight excluding hydrogens is 1320 g/mol. The van der Waals surface area contributed by atoms with Gasteiger partial charge in [-0.25, -0.2) is 9.13 Å². The summed E-state index contributed by atoms with van der Waals surface area (Å²) in [5.74, 6) is 0.343. The summed E-state index contributed by atoms with van der Waals surface area (Å²) in [5, 5.41) is 10.6. The molecule has 0 radical (unpaired) electrons. The van der Waals surface area contributed by atoms with Gasteiger partial charge < -0.3 is 33.8 Å². The number of esters is 4. The molecule has 0 bridgehead atoms. The first-order valence-corrected chi connectivity index (χ1v) is 45.4. The molecule has 6 atom stereocenters. The van der Waals surface area contributed by atoms with Gasteiger partial charge in [0.25, 0.3) is 0 Å². The number of hydrogen-bond acceptors (Lipinski definition) is 15. The Labute approximate surface area is 619 Å². The van der Waals surface area contributed by atoms with Crippen LogP contribution in [-0.2, 0) is 65.4 Å². The van der Waals surface area contributed by atoms with Crippen LogP contribution in [0.4, 0.5) is 0 Å². The molecule has 0 aromatic carbocycles. The second-order valence-electron chi connectivity index (χ2n) is 30.7. The Balaban J connectivity index is 5.12. The van der Waals surface area contributed by atoms with Crippen molar-refractivity contribution in [3.05, 3.63) is 0 Å². The van der Waals surface area contributed by atoms with E-state index >= 15 is 0 Å². The fourth-order valence-electron chi connectivity index (χ4n) is 12.6. The molecule has 0 aliphatic carbocycles. The van der Waals surface area contributed by atoms with Gasteiger partial charge in [0.1, 0.15) is 19.3 Å². The third-order valence-electron chi connectivity index (χ3n) is 19.5. The van der Waals surface area contributed by atoms with Crippen LogP contribution in [-0.4, -0.2) is 96.7 Å². The fraction of sp³-hybridized carbons (Fsp3) is 0.951. The molecule has 0 saturated carbocycles. The molecule has 0 heterocycles. The van der Waals surface area contributed by atoms with Crippen LogP contribution in [0.1, 0.15) is 427 Å². The van der Waals surface area contributed by atoms with Crippen molar-refractivity contribution in [3.8, 4) is 0 Å². The van der Waals surface area contributed by atoms with Gasteiger partial charge in [-0.1, -0.05) is 376 Å². The number of carbonyl (C=O) groups excluding carboxylic acids is 4. The molecule has 3 unspecified atom stereocenters. The number of unbranched alkanes of at least 4 members (excludes halogenated alkanes) is 47. The molecule has 101 heavy (non-hydrogen) atoms. The molecule has 0 aliphatic rings. The highest BCUT2D eigenvalue weighted by Crippen LogP contribution is 2.45. The normalized spacial score (nSPS) is 14.2. The average molecular weight is 1480 g/mol. The smallest absolute Gasteiger partial charge is 0.462 e. The third-order valence-corrected chi connectivity index (χ3v) is 21.4. The van der Waals surface area contributed by atoms with Gasteiger partial charge in [-0.15, -0.1) is 0 Å². The Morgan fingerprint density at radius 3 is 0.752 bits per heavy atom. The van der Waals surface area contributed by atoms with Gasteiger partial charge in [-0.2, -0.15) is 0 Å². The van der Waals surface area contributed by atoms with Crippen molar-refractivity contribution in [1.82, 2.24) is 0 Å². The molecule has 19 heteroatoms. The van der Waals surface area contributed by atoms with E-state index in [4.69, 9.17) is 37.0 Å². The molecule has 3 N–H and O–H groups in total. The molecule has 0 fully saturated rings. The highest BCUT2D eigenvalue weighted by molar-refractivity contribution is 7.47. The van der Waals surface area contributed by atoms with Gasteiger partial charge in [0.2, 0.25) is 0 Å². The Morgan fingerprint density at radius 1 is 0.287 bits per heavy atom. The van der Waals surface area contributed by atoms with E-state index in [0.717, 1.165) is 114 Å². The summed E-state index contributed by atoms with van der Waals surface area (Å²) in [4.78, 5) is 72.8. The Hall–Kier alpha value is -1.94. The zero-order valence-electron chi connectivity index (χ0n) is 66.4. The zero-order chi connectivity index (χ0) is 74.4. The minimum Gasteiger partial charge on any atom is -0.462 e. The lowest BCUT2D eigenvalue weighted by Crippen LogP contribution is -2.30. The van der Waals surface area contributed by atoms with Crippen molar-refractivity contribution in [2.75, 3.05) is 39.6 Å². The maximum absolute atomic E-state index is 13.1. The van der Waals surface area contributed by atoms with E-state index in [1.54, 1.807) is 0 Å². The molecule has 0 saturated heterocycles. The first kappa shape index (κ1) is 99.1. The van der Waals surface area contributed by atoms with E-state index in [-0.39, 0.29) is 25.7 Å². The molecule has 0 amide bonds. The topological polar surface area (TPSA) is 237 Å². The molecule has 0 aliphatic heterocycles. The summed E-state index contributed by atoms with van der Waals surface area (Å²) in [6, 6.07) is 0. The van der Waals surface area contributed by atoms with Crippen LogP contribution in [0.2, 0.25) is 0 Å². The van der Waals surface area contributed by atoms with Gasteiger partial charge in [0.15, 0.2) is 12.2 Å². The van der Waals surface area contributed by atoms with E-state index in [2.05, 4.69) is 48.5 Å². The number of phosphoric ester groups is 2. The molecule has 0 aromatic heterocycles. The predicted molar refractivity (Wildman–Crippen MR) is 414 cm³/mol. The Morgan fingerprint density at radius 2 is 0.505 bits per heavy atom. The second-order valence-corrected chi connectivity index (χ2v) is 33.6. The monoisotopic (exact) mass is 1480 g/mol. The molecule has 0 aromatic rings. The molecule has 0 spiro atoms. The van der Waals surface area contributed by atoms with Crippen LogP contribution in [0, 0.1) is 17.8 Å². The van der Waals surface area contributed by atoms with E-state index in [1.165, 1.54) is 231 Å². The number of aliphatic hydroxyl groups excluding tert-OH is 1. The SMILES string of the molecule is CCCCCCCC(=O)OC[C@H](COP(=O)(O)OC[C@H](O)COP(=O)(O)OC[C@@H](COC(=O)CCCCCCCCCCCCCCCCCC(C)C)OC(=O)CCCCCCCCCCCCCCCCCCCCC(C)CC)OC(=O)CCCCCCCCCCCCCCCC(C)C. The van der Waals surface area contributed by atoms with Crippen molar-refractivity contribution in [2.45, 2.75) is 446 Å². The van der Waals surface area contributed by atoms with Crippen molar-refractivity contribution >= 4 is 39.5 Å². The van der Waals surface area contributed by atoms with Crippen molar-refractivity contribution in [1.29, 1.82) is 0 Å². The summed E-state index contributed by atoms with van der Waals surface area (Å²) in [7, 11) is -9.91. The number of carbonyl (C=O) groups is 4. The van der Waals surface area contributed by atoms with E-state index < -0.39 is 97.5 Å². The van der Waals surface area contributed by atoms with Gasteiger partial charge >= 0.3 is 39.5 Å². The number of aliphatic hydroxyl groups is 1. The largest absolute Gasteiger partial charge is 0.472 e. The first-order chi connectivity index (χ1) is 48.8. The maximum atomic E-state index is 13.1. The van der Waals surface area contributed by atoms with Gasteiger partial charge in [-0.3, -0.25) is 37.3 Å². The standard InChI is InChI=1S/C82H160O17P2/c1-8-10-11-46-56-63-79(84)92-69-77(98-81(86)65-59-52-45-39-33-27-21-23-29-35-41-48-54-61-74(5)6)71-96-100(88,89)94-67-76(83)68-95-101(90,91)97-72-78(70-93-80(85)64-57-50-43-37-31-25-20-16-17-22-28-34-40-47-53-60-73(3)4)99-82(87)66-58-51-44-38-32-26-19-15-13-12-14-18-24-30-36-42-49-55-62-75(7)9-2/h73-78,83H,8-72H2,1-7H3,(H,88,89)(H,90,91)/t75?,76-,77+,78+/m0/s1. The highest BCUT2D eigenvalue weighted by Gasteiger charge is 2.30. The van der Waals surface area contributed by atoms with Crippen LogP contribution in [0.3, 0.4) is 0 Å². The highest BCUT2D eigenvalue weighted by atomic mass is 31.2. The molecule has 600 valence electrons. The number of hydrogen-bond donors (Lipinski definition) is 3.